The Balaban J connectivity index is 1.29. The van der Waals surface area contributed by atoms with Crippen molar-refractivity contribution in [3.05, 3.63) is 59.9 Å². The van der Waals surface area contributed by atoms with Crippen molar-refractivity contribution in [1.82, 2.24) is 19.7 Å². The van der Waals surface area contributed by atoms with Gasteiger partial charge in [-0.05, 0) is 68.8 Å². The predicted molar refractivity (Wildman–Crippen MR) is 119 cm³/mol. The third-order valence-corrected chi connectivity index (χ3v) is 6.08. The van der Waals surface area contributed by atoms with E-state index in [9.17, 15) is 8.78 Å². The molecule has 0 amide bonds. The third kappa shape index (κ3) is 4.31. The van der Waals surface area contributed by atoms with Gasteiger partial charge in [-0.1, -0.05) is 0 Å². The molecule has 0 bridgehead atoms. The number of hydrogen-bond acceptors (Lipinski definition) is 6. The molecule has 1 aromatic heterocycles. The predicted octanol–water partition coefficient (Wildman–Crippen LogP) is 3.87. The van der Waals surface area contributed by atoms with E-state index in [1.165, 1.54) is 36.0 Å². The van der Waals surface area contributed by atoms with Gasteiger partial charge in [0.1, 0.15) is 18.0 Å². The van der Waals surface area contributed by atoms with Crippen molar-refractivity contribution in [2.45, 2.75) is 25.3 Å². The third-order valence-electron chi connectivity index (χ3n) is 6.08. The van der Waals surface area contributed by atoms with Crippen molar-refractivity contribution in [3.8, 4) is 5.69 Å². The quantitative estimate of drug-likeness (QED) is 0.581. The second kappa shape index (κ2) is 8.48. The van der Waals surface area contributed by atoms with Gasteiger partial charge >= 0.3 is 0 Å². The van der Waals surface area contributed by atoms with E-state index in [-0.39, 0.29) is 11.2 Å². The van der Waals surface area contributed by atoms with Gasteiger partial charge in [0, 0.05) is 24.0 Å². The van der Waals surface area contributed by atoms with E-state index in [0.717, 1.165) is 55.9 Å². The molecule has 0 saturated carbocycles. The summed E-state index contributed by atoms with van der Waals surface area (Å²) in [5.74, 6) is -0.988. The SMILES string of the molecule is Cc1cc(NCC2(N3CCCC3)COC2)cc(Nc2ncn(-c3cc(F)cc(F)c3)n2)c1. The highest BCUT2D eigenvalue weighted by atomic mass is 19.1. The van der Waals surface area contributed by atoms with Gasteiger partial charge in [-0.15, -0.1) is 5.10 Å². The van der Waals surface area contributed by atoms with Crippen LogP contribution in [0.5, 0.6) is 0 Å². The van der Waals surface area contributed by atoms with Crippen molar-refractivity contribution in [2.24, 2.45) is 0 Å². The van der Waals surface area contributed by atoms with Crippen molar-refractivity contribution < 1.29 is 13.5 Å². The molecule has 2 aliphatic heterocycles. The summed E-state index contributed by atoms with van der Waals surface area (Å²) in [5, 5.41) is 11.1. The number of aromatic nitrogens is 3. The summed E-state index contributed by atoms with van der Waals surface area (Å²) in [6, 6.07) is 9.34. The Bertz CT molecular complexity index is 1090. The summed E-state index contributed by atoms with van der Waals surface area (Å²) in [5.41, 5.74) is 3.27. The van der Waals surface area contributed by atoms with Gasteiger partial charge in [0.2, 0.25) is 5.95 Å². The monoisotopic (exact) mass is 440 g/mol. The van der Waals surface area contributed by atoms with Crippen molar-refractivity contribution in [3.63, 3.8) is 0 Å². The molecule has 2 N–H and O–H groups in total. The second-order valence-corrected chi connectivity index (χ2v) is 8.62. The van der Waals surface area contributed by atoms with Crippen LogP contribution in [0.3, 0.4) is 0 Å². The van der Waals surface area contributed by atoms with E-state index in [1.54, 1.807) is 0 Å². The van der Waals surface area contributed by atoms with E-state index in [1.807, 2.05) is 19.1 Å². The molecule has 0 unspecified atom stereocenters. The zero-order valence-corrected chi connectivity index (χ0v) is 17.9. The lowest BCUT2D eigenvalue weighted by Gasteiger charge is -2.48. The lowest BCUT2D eigenvalue weighted by Crippen LogP contribution is -2.65. The van der Waals surface area contributed by atoms with Crippen molar-refractivity contribution >= 4 is 17.3 Å². The molecule has 0 spiro atoms. The maximum Gasteiger partial charge on any atom is 0.246 e. The van der Waals surface area contributed by atoms with Crippen LogP contribution in [0.15, 0.2) is 42.7 Å². The molecular weight excluding hydrogens is 414 g/mol. The number of nitrogens with zero attached hydrogens (tertiary/aromatic N) is 4. The van der Waals surface area contributed by atoms with Gasteiger partial charge in [-0.25, -0.2) is 13.5 Å². The Hall–Kier alpha value is -3.04. The Labute approximate surface area is 185 Å². The van der Waals surface area contributed by atoms with Gasteiger partial charge in [0.25, 0.3) is 0 Å². The minimum atomic E-state index is -0.664. The van der Waals surface area contributed by atoms with Crippen LogP contribution < -0.4 is 10.6 Å². The second-order valence-electron chi connectivity index (χ2n) is 8.62. The minimum Gasteiger partial charge on any atom is -0.383 e. The molecule has 9 heteroatoms. The Kier molecular flexibility index (Phi) is 5.52. The summed E-state index contributed by atoms with van der Waals surface area (Å²) in [4.78, 5) is 6.76. The summed E-state index contributed by atoms with van der Waals surface area (Å²) in [7, 11) is 0. The lowest BCUT2D eigenvalue weighted by molar-refractivity contribution is -0.125. The molecule has 2 aromatic carbocycles. The Morgan fingerprint density at radius 3 is 2.41 bits per heavy atom. The molecule has 5 rings (SSSR count). The van der Waals surface area contributed by atoms with Crippen molar-refractivity contribution in [1.29, 1.82) is 0 Å². The van der Waals surface area contributed by atoms with E-state index in [4.69, 9.17) is 4.74 Å². The van der Waals surface area contributed by atoms with Crippen LogP contribution in [-0.4, -0.2) is 58.1 Å². The maximum absolute atomic E-state index is 13.5. The standard InChI is InChI=1S/C23H26F2N6O/c1-16-6-19(26-12-23(13-32-14-23)30-4-2-3-5-30)11-20(7-16)28-22-27-15-31(29-22)21-9-17(24)8-18(25)10-21/h6-11,15,26H,2-5,12-14H2,1H3,(H,28,29). The highest BCUT2D eigenvalue weighted by Crippen LogP contribution is 2.30. The van der Waals surface area contributed by atoms with Crippen molar-refractivity contribution in [2.75, 3.05) is 43.5 Å². The number of aryl methyl sites for hydroxylation is 1. The van der Waals surface area contributed by atoms with Crippen LogP contribution in [-0.2, 0) is 4.74 Å². The topological polar surface area (TPSA) is 67.2 Å². The molecule has 3 heterocycles. The van der Waals surface area contributed by atoms with Gasteiger partial charge in [-0.2, -0.15) is 4.98 Å². The molecule has 32 heavy (non-hydrogen) atoms. The molecule has 0 radical (unpaired) electrons. The fourth-order valence-electron chi connectivity index (χ4n) is 4.39. The number of ether oxygens (including phenoxy) is 1. The number of anilines is 3. The fourth-order valence-corrected chi connectivity index (χ4v) is 4.39. The smallest absolute Gasteiger partial charge is 0.246 e. The van der Waals surface area contributed by atoms with E-state index < -0.39 is 11.6 Å². The molecule has 2 saturated heterocycles. The molecule has 3 aromatic rings. The number of rotatable bonds is 7. The number of nitrogens with one attached hydrogen (secondary N) is 2. The summed E-state index contributed by atoms with van der Waals surface area (Å²) in [6.45, 7) is 6.65. The molecule has 2 aliphatic rings. The summed E-state index contributed by atoms with van der Waals surface area (Å²) < 4.78 is 33.9. The van der Waals surface area contributed by atoms with Crippen LogP contribution >= 0.6 is 0 Å². The molecule has 2 fully saturated rings. The van der Waals surface area contributed by atoms with Gasteiger partial charge in [0.15, 0.2) is 0 Å². The van der Waals surface area contributed by atoms with Crippen LogP contribution in [0.25, 0.3) is 5.69 Å². The van der Waals surface area contributed by atoms with Crippen LogP contribution in [0.1, 0.15) is 18.4 Å². The van der Waals surface area contributed by atoms with Gasteiger partial charge < -0.3 is 15.4 Å². The largest absolute Gasteiger partial charge is 0.383 e. The zero-order valence-electron chi connectivity index (χ0n) is 17.9. The fraction of sp³-hybridized carbons (Fsp3) is 0.391. The van der Waals surface area contributed by atoms with Crippen LogP contribution in [0.4, 0.5) is 26.1 Å². The highest BCUT2D eigenvalue weighted by molar-refractivity contribution is 5.63. The number of halogens is 2. The lowest BCUT2D eigenvalue weighted by atomic mass is 9.95. The molecule has 0 atom stereocenters. The van der Waals surface area contributed by atoms with Gasteiger partial charge in [0.05, 0.1) is 24.4 Å². The summed E-state index contributed by atoms with van der Waals surface area (Å²) >= 11 is 0. The van der Waals surface area contributed by atoms with E-state index in [2.05, 4.69) is 31.7 Å². The molecule has 168 valence electrons. The molecular formula is C23H26F2N6O. The minimum absolute atomic E-state index is 0.0778. The normalized spacial score (nSPS) is 17.8. The first-order chi connectivity index (χ1) is 15.5. The first-order valence-electron chi connectivity index (χ1n) is 10.8. The summed E-state index contributed by atoms with van der Waals surface area (Å²) in [6.07, 6.45) is 3.92. The zero-order chi connectivity index (χ0) is 22.1. The molecule has 0 aliphatic carbocycles. The van der Waals surface area contributed by atoms with E-state index in [0.29, 0.717) is 5.95 Å². The first-order valence-corrected chi connectivity index (χ1v) is 10.8. The molecule has 7 nitrogen and oxygen atoms in total. The average molecular weight is 440 g/mol. The first kappa shape index (κ1) is 20.8. The van der Waals surface area contributed by atoms with E-state index >= 15 is 0 Å². The average Bonchev–Trinajstić information content (AvgIpc) is 3.39. The number of hydrogen-bond donors (Lipinski definition) is 2. The number of benzene rings is 2. The Morgan fingerprint density at radius 2 is 1.72 bits per heavy atom. The maximum atomic E-state index is 13.5. The van der Waals surface area contributed by atoms with Crippen LogP contribution in [0, 0.1) is 18.6 Å². The highest BCUT2D eigenvalue weighted by Gasteiger charge is 2.44. The number of likely N-dealkylation sites (tertiary alicyclic amines) is 1. The van der Waals surface area contributed by atoms with Crippen LogP contribution in [0.2, 0.25) is 0 Å². The van der Waals surface area contributed by atoms with Gasteiger partial charge in [-0.3, -0.25) is 4.90 Å². The Morgan fingerprint density at radius 1 is 1.00 bits per heavy atom.